The molecule has 1 aromatic carbocycles. The molecule has 0 aliphatic heterocycles. The molecule has 0 saturated heterocycles. The van der Waals surface area contributed by atoms with Gasteiger partial charge in [-0.1, -0.05) is 51.3 Å². The van der Waals surface area contributed by atoms with Crippen LogP contribution in [0.1, 0.15) is 16.0 Å². The van der Waals surface area contributed by atoms with Gasteiger partial charge in [-0.25, -0.2) is 0 Å². The molecule has 16 heavy (non-hydrogen) atoms. The number of hydrogen-bond donors (Lipinski definition) is 0. The molecule has 0 fully saturated rings. The Kier molecular flexibility index (Phi) is 4.31. The number of alkyl halides is 1. The lowest BCUT2D eigenvalue weighted by molar-refractivity contribution is 0.955. The van der Waals surface area contributed by atoms with E-state index in [9.17, 15) is 0 Å². The lowest BCUT2D eigenvalue weighted by Crippen LogP contribution is -1.95. The van der Waals surface area contributed by atoms with E-state index in [0.29, 0.717) is 10.0 Å². The number of hydrogen-bond acceptors (Lipinski definition) is 1. The van der Waals surface area contributed by atoms with Crippen molar-refractivity contribution < 1.29 is 0 Å². The molecule has 0 bridgehead atoms. The van der Waals surface area contributed by atoms with Crippen molar-refractivity contribution in [3.05, 3.63) is 56.2 Å². The Labute approximate surface area is 117 Å². The highest BCUT2D eigenvalue weighted by Crippen LogP contribution is 2.36. The van der Waals surface area contributed by atoms with Gasteiger partial charge in [0.05, 0.1) is 10.0 Å². The van der Waals surface area contributed by atoms with Crippen LogP contribution in [0, 0.1) is 0 Å². The fourth-order valence-electron chi connectivity index (χ4n) is 1.49. The molecule has 4 heteroatoms. The molecule has 0 amide bonds. The van der Waals surface area contributed by atoms with Crippen LogP contribution in [0.3, 0.4) is 0 Å². The average molecular weight is 336 g/mol. The molecule has 1 heterocycles. The Balaban J connectivity index is 2.21. The zero-order chi connectivity index (χ0) is 11.5. The first kappa shape index (κ1) is 12.4. The van der Waals surface area contributed by atoms with E-state index < -0.39 is 0 Å². The maximum absolute atomic E-state index is 6.17. The highest BCUT2D eigenvalue weighted by molar-refractivity contribution is 9.09. The molecular formula is C12H9BrCl2S. The van der Waals surface area contributed by atoms with Crippen molar-refractivity contribution in [2.24, 2.45) is 0 Å². The van der Waals surface area contributed by atoms with Crippen molar-refractivity contribution in [1.29, 1.82) is 0 Å². The third-order valence-electron chi connectivity index (χ3n) is 2.31. The van der Waals surface area contributed by atoms with E-state index in [2.05, 4.69) is 32.8 Å². The van der Waals surface area contributed by atoms with E-state index in [1.165, 1.54) is 5.56 Å². The lowest BCUT2D eigenvalue weighted by Gasteiger charge is -2.11. The summed E-state index contributed by atoms with van der Waals surface area (Å²) in [5, 5.41) is 5.47. The fourth-order valence-corrected chi connectivity index (χ4v) is 3.50. The molecule has 0 saturated carbocycles. The van der Waals surface area contributed by atoms with Crippen molar-refractivity contribution in [2.75, 3.05) is 0 Å². The minimum Gasteiger partial charge on any atom is -0.152 e. The molecule has 1 unspecified atom stereocenters. The number of halogens is 3. The van der Waals surface area contributed by atoms with Crippen LogP contribution in [0.2, 0.25) is 10.0 Å². The van der Waals surface area contributed by atoms with E-state index >= 15 is 0 Å². The molecular weight excluding hydrogens is 327 g/mol. The highest BCUT2D eigenvalue weighted by Gasteiger charge is 2.14. The Morgan fingerprint density at radius 3 is 2.75 bits per heavy atom. The molecule has 0 N–H and O–H groups in total. The third-order valence-corrected chi connectivity index (χ3v) is 4.70. The minimum atomic E-state index is 0.202. The third kappa shape index (κ3) is 2.80. The molecule has 0 aliphatic carbocycles. The SMILES string of the molecule is Clc1cccc(C(Br)Cc2ccsc2)c1Cl. The van der Waals surface area contributed by atoms with Crippen LogP contribution in [0.25, 0.3) is 0 Å². The predicted octanol–water partition coefficient (Wildman–Crippen LogP) is 5.73. The topological polar surface area (TPSA) is 0 Å². The van der Waals surface area contributed by atoms with Crippen LogP contribution in [0.5, 0.6) is 0 Å². The highest BCUT2D eigenvalue weighted by atomic mass is 79.9. The summed E-state index contributed by atoms with van der Waals surface area (Å²) in [5.41, 5.74) is 2.35. The quantitative estimate of drug-likeness (QED) is 0.628. The first-order valence-electron chi connectivity index (χ1n) is 4.77. The van der Waals surface area contributed by atoms with E-state index in [0.717, 1.165) is 12.0 Å². The van der Waals surface area contributed by atoms with E-state index in [1.807, 2.05) is 12.1 Å². The van der Waals surface area contributed by atoms with Crippen LogP contribution in [0.4, 0.5) is 0 Å². The summed E-state index contributed by atoms with van der Waals surface area (Å²) in [6, 6.07) is 7.85. The second-order valence-corrected chi connectivity index (χ2v) is 6.12. The summed E-state index contributed by atoms with van der Waals surface area (Å²) in [6.07, 6.45) is 0.920. The number of benzene rings is 1. The summed E-state index contributed by atoms with van der Waals surface area (Å²) in [4.78, 5) is 0.202. The van der Waals surface area contributed by atoms with Crippen molar-refractivity contribution in [2.45, 2.75) is 11.2 Å². The van der Waals surface area contributed by atoms with Gasteiger partial charge in [0.2, 0.25) is 0 Å². The molecule has 84 valence electrons. The molecule has 0 spiro atoms. The molecule has 2 aromatic rings. The van der Waals surface area contributed by atoms with Crippen molar-refractivity contribution in [1.82, 2.24) is 0 Å². The number of rotatable bonds is 3. The minimum absolute atomic E-state index is 0.202. The zero-order valence-corrected chi connectivity index (χ0v) is 12.2. The van der Waals surface area contributed by atoms with Crippen LogP contribution in [0.15, 0.2) is 35.0 Å². The first-order valence-corrected chi connectivity index (χ1v) is 7.39. The first-order chi connectivity index (χ1) is 7.68. The van der Waals surface area contributed by atoms with Gasteiger partial charge in [-0.2, -0.15) is 11.3 Å². The van der Waals surface area contributed by atoms with Crippen molar-refractivity contribution in [3.63, 3.8) is 0 Å². The van der Waals surface area contributed by atoms with Gasteiger partial charge in [-0.05, 0) is 40.4 Å². The Bertz CT molecular complexity index is 468. The van der Waals surface area contributed by atoms with Crippen LogP contribution >= 0.6 is 50.5 Å². The van der Waals surface area contributed by atoms with E-state index in [-0.39, 0.29) is 4.83 Å². The Hall–Kier alpha value is -0.0200. The standard InChI is InChI=1S/C12H9BrCl2S/c13-10(6-8-4-5-16-7-8)9-2-1-3-11(14)12(9)15/h1-5,7,10H,6H2. The zero-order valence-electron chi connectivity index (χ0n) is 8.29. The Morgan fingerprint density at radius 2 is 2.06 bits per heavy atom. The monoisotopic (exact) mass is 334 g/mol. The summed E-state index contributed by atoms with van der Waals surface area (Å²) >= 11 is 17.5. The van der Waals surface area contributed by atoms with E-state index in [1.54, 1.807) is 17.4 Å². The van der Waals surface area contributed by atoms with Gasteiger partial charge < -0.3 is 0 Å². The maximum Gasteiger partial charge on any atom is 0.0635 e. The molecule has 1 atom stereocenters. The summed E-state index contributed by atoms with van der Waals surface area (Å²) < 4.78 is 0. The number of thiophene rings is 1. The smallest absolute Gasteiger partial charge is 0.0635 e. The molecule has 0 aliphatic rings. The Morgan fingerprint density at radius 1 is 1.25 bits per heavy atom. The van der Waals surface area contributed by atoms with Crippen molar-refractivity contribution in [3.8, 4) is 0 Å². The molecule has 1 aromatic heterocycles. The second kappa shape index (κ2) is 5.54. The fraction of sp³-hybridized carbons (Fsp3) is 0.167. The van der Waals surface area contributed by atoms with Gasteiger partial charge in [0.1, 0.15) is 0 Å². The molecule has 0 radical (unpaired) electrons. The summed E-state index contributed by atoms with van der Waals surface area (Å²) in [5.74, 6) is 0. The summed E-state index contributed by atoms with van der Waals surface area (Å²) in [6.45, 7) is 0. The van der Waals surface area contributed by atoms with Gasteiger partial charge in [0, 0.05) is 4.83 Å². The van der Waals surface area contributed by atoms with Crippen LogP contribution in [-0.4, -0.2) is 0 Å². The lowest BCUT2D eigenvalue weighted by atomic mass is 10.1. The molecule has 2 rings (SSSR count). The van der Waals surface area contributed by atoms with Gasteiger partial charge in [0.25, 0.3) is 0 Å². The van der Waals surface area contributed by atoms with Gasteiger partial charge in [-0.15, -0.1) is 0 Å². The maximum atomic E-state index is 6.17. The average Bonchev–Trinajstić information content (AvgIpc) is 2.74. The van der Waals surface area contributed by atoms with Gasteiger partial charge in [-0.3, -0.25) is 0 Å². The summed E-state index contributed by atoms with van der Waals surface area (Å²) in [7, 11) is 0. The largest absolute Gasteiger partial charge is 0.152 e. The van der Waals surface area contributed by atoms with Crippen molar-refractivity contribution >= 4 is 50.5 Å². The van der Waals surface area contributed by atoms with E-state index in [4.69, 9.17) is 23.2 Å². The van der Waals surface area contributed by atoms with Gasteiger partial charge in [0.15, 0.2) is 0 Å². The van der Waals surface area contributed by atoms with Gasteiger partial charge >= 0.3 is 0 Å². The predicted molar refractivity (Wildman–Crippen MR) is 76.2 cm³/mol. The second-order valence-electron chi connectivity index (χ2n) is 3.45. The molecule has 0 nitrogen and oxygen atoms in total. The van der Waals surface area contributed by atoms with Crippen LogP contribution < -0.4 is 0 Å². The van der Waals surface area contributed by atoms with Crippen LogP contribution in [-0.2, 0) is 6.42 Å². The normalized spacial score (nSPS) is 12.7.